The fourth-order valence-electron chi connectivity index (χ4n) is 2.00. The normalized spacial score (nSPS) is 10.9. The van der Waals surface area contributed by atoms with Crippen molar-refractivity contribution in [1.82, 2.24) is 19.6 Å². The van der Waals surface area contributed by atoms with E-state index in [2.05, 4.69) is 42.0 Å². The van der Waals surface area contributed by atoms with Crippen molar-refractivity contribution in [1.29, 1.82) is 0 Å². The molecule has 0 radical (unpaired) electrons. The lowest BCUT2D eigenvalue weighted by Crippen LogP contribution is -2.20. The third kappa shape index (κ3) is 2.48. The quantitative estimate of drug-likeness (QED) is 0.679. The van der Waals surface area contributed by atoms with Crippen LogP contribution < -0.4 is 4.90 Å². The minimum absolute atomic E-state index is 0.402. The van der Waals surface area contributed by atoms with Gasteiger partial charge in [-0.15, -0.1) is 0 Å². The first-order chi connectivity index (χ1) is 9.65. The SMILES string of the molecule is CN(Cc1ccccc1Br)c1cc(Cl)nc2ncnn12. The molecule has 0 amide bonds. The molecule has 0 saturated carbocycles. The molecule has 5 nitrogen and oxygen atoms in total. The number of anilines is 1. The monoisotopic (exact) mass is 351 g/mol. The van der Waals surface area contributed by atoms with Crippen LogP contribution in [0.15, 0.2) is 41.1 Å². The summed E-state index contributed by atoms with van der Waals surface area (Å²) in [4.78, 5) is 10.2. The van der Waals surface area contributed by atoms with E-state index in [1.54, 1.807) is 10.6 Å². The Balaban J connectivity index is 1.98. The molecule has 7 heteroatoms. The number of rotatable bonds is 3. The second kappa shape index (κ2) is 5.38. The Morgan fingerprint density at radius 2 is 2.15 bits per heavy atom. The third-order valence-electron chi connectivity index (χ3n) is 2.96. The van der Waals surface area contributed by atoms with E-state index in [0.29, 0.717) is 10.9 Å². The Kier molecular flexibility index (Phi) is 3.58. The lowest BCUT2D eigenvalue weighted by Gasteiger charge is -2.20. The molecular formula is C13H11BrClN5. The molecule has 102 valence electrons. The summed E-state index contributed by atoms with van der Waals surface area (Å²) in [6.07, 6.45) is 1.47. The predicted molar refractivity (Wildman–Crippen MR) is 82.0 cm³/mol. The molecule has 0 unspecified atom stereocenters. The van der Waals surface area contributed by atoms with E-state index in [1.165, 1.54) is 11.9 Å². The van der Waals surface area contributed by atoms with Crippen molar-refractivity contribution in [2.24, 2.45) is 0 Å². The zero-order chi connectivity index (χ0) is 14.1. The van der Waals surface area contributed by atoms with Gasteiger partial charge in [0.05, 0.1) is 0 Å². The Morgan fingerprint density at radius 1 is 1.35 bits per heavy atom. The molecule has 0 spiro atoms. The van der Waals surface area contributed by atoms with Crippen molar-refractivity contribution in [2.75, 3.05) is 11.9 Å². The number of halogens is 2. The van der Waals surface area contributed by atoms with Crippen molar-refractivity contribution >= 4 is 39.1 Å². The number of fused-ring (bicyclic) bond motifs is 1. The Labute approximate surface area is 129 Å². The minimum atomic E-state index is 0.402. The van der Waals surface area contributed by atoms with E-state index < -0.39 is 0 Å². The Bertz CT molecular complexity index is 757. The average Bonchev–Trinajstić information content (AvgIpc) is 2.88. The summed E-state index contributed by atoms with van der Waals surface area (Å²) in [7, 11) is 1.98. The van der Waals surface area contributed by atoms with Gasteiger partial charge in [0.25, 0.3) is 5.78 Å². The van der Waals surface area contributed by atoms with E-state index in [4.69, 9.17) is 11.6 Å². The third-order valence-corrected chi connectivity index (χ3v) is 3.93. The fourth-order valence-corrected chi connectivity index (χ4v) is 2.59. The molecule has 3 aromatic rings. The van der Waals surface area contributed by atoms with Crippen LogP contribution >= 0.6 is 27.5 Å². The van der Waals surface area contributed by atoms with Crippen molar-refractivity contribution < 1.29 is 0 Å². The summed E-state index contributed by atoms with van der Waals surface area (Å²) in [5.41, 5.74) is 1.18. The molecule has 2 aromatic heterocycles. The lowest BCUT2D eigenvalue weighted by molar-refractivity contribution is 0.830. The van der Waals surface area contributed by atoms with Crippen LogP contribution in [0.2, 0.25) is 5.15 Å². The van der Waals surface area contributed by atoms with Crippen LogP contribution in [0.3, 0.4) is 0 Å². The summed E-state index contributed by atoms with van der Waals surface area (Å²) in [5, 5.41) is 4.58. The molecule has 0 aliphatic rings. The largest absolute Gasteiger partial charge is 0.355 e. The van der Waals surface area contributed by atoms with Crippen LogP contribution in [0.4, 0.5) is 5.82 Å². The molecular weight excluding hydrogens is 342 g/mol. The highest BCUT2D eigenvalue weighted by Gasteiger charge is 2.12. The average molecular weight is 353 g/mol. The van der Waals surface area contributed by atoms with Gasteiger partial charge in [-0.1, -0.05) is 45.7 Å². The summed E-state index contributed by atoms with van der Waals surface area (Å²) in [5.74, 6) is 1.33. The Morgan fingerprint density at radius 3 is 2.95 bits per heavy atom. The van der Waals surface area contributed by atoms with E-state index >= 15 is 0 Å². The molecule has 0 aliphatic carbocycles. The lowest BCUT2D eigenvalue weighted by atomic mass is 10.2. The summed E-state index contributed by atoms with van der Waals surface area (Å²) in [6, 6.07) is 9.88. The maximum absolute atomic E-state index is 6.03. The van der Waals surface area contributed by atoms with Gasteiger partial charge in [0.1, 0.15) is 17.3 Å². The van der Waals surface area contributed by atoms with Gasteiger partial charge in [0, 0.05) is 24.1 Å². The van der Waals surface area contributed by atoms with Crippen molar-refractivity contribution in [3.8, 4) is 0 Å². The molecule has 0 atom stereocenters. The van der Waals surface area contributed by atoms with Crippen molar-refractivity contribution in [3.63, 3.8) is 0 Å². The molecule has 0 saturated heterocycles. The smallest absolute Gasteiger partial charge is 0.255 e. The van der Waals surface area contributed by atoms with Crippen molar-refractivity contribution in [3.05, 3.63) is 51.8 Å². The zero-order valence-electron chi connectivity index (χ0n) is 10.7. The first-order valence-electron chi connectivity index (χ1n) is 5.96. The Hall–Kier alpha value is -1.66. The molecule has 3 rings (SSSR count). The van der Waals surface area contributed by atoms with Crippen LogP contribution in [0, 0.1) is 0 Å². The van der Waals surface area contributed by atoms with Crippen LogP contribution in [0.1, 0.15) is 5.56 Å². The maximum atomic E-state index is 6.03. The highest BCUT2D eigenvalue weighted by Crippen LogP contribution is 2.22. The van der Waals surface area contributed by atoms with E-state index in [1.807, 2.05) is 25.2 Å². The number of hydrogen-bond acceptors (Lipinski definition) is 4. The second-order valence-corrected chi connectivity index (χ2v) is 5.60. The van der Waals surface area contributed by atoms with Gasteiger partial charge in [-0.2, -0.15) is 19.6 Å². The van der Waals surface area contributed by atoms with Crippen LogP contribution in [-0.4, -0.2) is 26.6 Å². The van der Waals surface area contributed by atoms with Gasteiger partial charge in [0.2, 0.25) is 0 Å². The van der Waals surface area contributed by atoms with Gasteiger partial charge in [-0.25, -0.2) is 0 Å². The zero-order valence-corrected chi connectivity index (χ0v) is 13.0. The highest BCUT2D eigenvalue weighted by molar-refractivity contribution is 9.10. The maximum Gasteiger partial charge on any atom is 0.255 e. The van der Waals surface area contributed by atoms with Gasteiger partial charge >= 0.3 is 0 Å². The summed E-state index contributed by atoms with van der Waals surface area (Å²) < 4.78 is 2.74. The standard InChI is InChI=1S/C13H11BrClN5/c1-19(7-9-4-2-3-5-10(9)14)12-6-11(15)18-13-16-8-17-20(12)13/h2-6,8H,7H2,1H3. The fraction of sp³-hybridized carbons (Fsp3) is 0.154. The van der Waals surface area contributed by atoms with Crippen LogP contribution in [0.25, 0.3) is 5.78 Å². The van der Waals surface area contributed by atoms with Gasteiger partial charge in [-0.05, 0) is 11.6 Å². The second-order valence-electron chi connectivity index (χ2n) is 4.36. The number of nitrogens with zero attached hydrogens (tertiary/aromatic N) is 5. The van der Waals surface area contributed by atoms with Gasteiger partial charge in [-0.3, -0.25) is 0 Å². The molecule has 0 N–H and O–H groups in total. The van der Waals surface area contributed by atoms with E-state index in [-0.39, 0.29) is 0 Å². The van der Waals surface area contributed by atoms with E-state index in [9.17, 15) is 0 Å². The molecule has 0 fully saturated rings. The van der Waals surface area contributed by atoms with Crippen LogP contribution in [-0.2, 0) is 6.54 Å². The molecule has 20 heavy (non-hydrogen) atoms. The number of aromatic nitrogens is 4. The van der Waals surface area contributed by atoms with Crippen LogP contribution in [0.5, 0.6) is 0 Å². The highest BCUT2D eigenvalue weighted by atomic mass is 79.9. The predicted octanol–water partition coefficient (Wildman–Crippen LogP) is 3.18. The van der Waals surface area contributed by atoms with Gasteiger partial charge in [0.15, 0.2) is 0 Å². The van der Waals surface area contributed by atoms with E-state index in [0.717, 1.165) is 16.8 Å². The molecule has 2 heterocycles. The van der Waals surface area contributed by atoms with Crippen molar-refractivity contribution in [2.45, 2.75) is 6.54 Å². The number of hydrogen-bond donors (Lipinski definition) is 0. The molecule has 1 aromatic carbocycles. The first-order valence-corrected chi connectivity index (χ1v) is 7.13. The molecule has 0 bridgehead atoms. The minimum Gasteiger partial charge on any atom is -0.355 e. The summed E-state index contributed by atoms with van der Waals surface area (Å²) >= 11 is 9.59. The van der Waals surface area contributed by atoms with Gasteiger partial charge < -0.3 is 4.90 Å². The molecule has 0 aliphatic heterocycles. The topological polar surface area (TPSA) is 46.3 Å². The number of benzene rings is 1. The summed E-state index contributed by atoms with van der Waals surface area (Å²) in [6.45, 7) is 0.719. The first kappa shape index (κ1) is 13.3.